The summed E-state index contributed by atoms with van der Waals surface area (Å²) in [4.78, 5) is 15.8. The lowest BCUT2D eigenvalue weighted by Crippen LogP contribution is -2.49. The molecular weight excluding hydrogens is 256 g/mol. The van der Waals surface area contributed by atoms with Crippen LogP contribution in [0, 0.1) is 0 Å². The monoisotopic (exact) mass is 284 g/mol. The molecule has 0 aromatic carbocycles. The minimum Gasteiger partial charge on any atom is -0.480 e. The van der Waals surface area contributed by atoms with Crippen molar-refractivity contribution in [2.75, 3.05) is 26.2 Å². The summed E-state index contributed by atoms with van der Waals surface area (Å²) < 4.78 is 0. The van der Waals surface area contributed by atoms with Crippen molar-refractivity contribution in [3.05, 3.63) is 0 Å². The van der Waals surface area contributed by atoms with Crippen LogP contribution in [0.1, 0.15) is 46.0 Å². The fraction of sp³-hybridized carbons (Fsp3) is 0.933. The highest BCUT2D eigenvalue weighted by Gasteiger charge is 2.36. The lowest BCUT2D eigenvalue weighted by molar-refractivity contribution is -0.143. The molecule has 5 nitrogen and oxygen atoms in total. The minimum absolute atomic E-state index is 0.261. The molecular formula is C15H28N2O3. The summed E-state index contributed by atoms with van der Waals surface area (Å²) >= 11 is 0. The highest BCUT2D eigenvalue weighted by molar-refractivity contribution is 5.73. The van der Waals surface area contributed by atoms with Gasteiger partial charge in [0.15, 0.2) is 0 Å². The number of carboxylic acid groups (broad SMARTS) is 1. The number of piperidine rings is 1. The van der Waals surface area contributed by atoms with Crippen molar-refractivity contribution in [1.29, 1.82) is 0 Å². The average molecular weight is 284 g/mol. The van der Waals surface area contributed by atoms with Gasteiger partial charge in [0.1, 0.15) is 6.04 Å². The van der Waals surface area contributed by atoms with Crippen LogP contribution >= 0.6 is 0 Å². The van der Waals surface area contributed by atoms with Crippen molar-refractivity contribution in [2.45, 2.75) is 63.6 Å². The lowest BCUT2D eigenvalue weighted by atomic mass is 10.00. The van der Waals surface area contributed by atoms with Gasteiger partial charge in [-0.15, -0.1) is 0 Å². The number of hydrogen-bond donors (Lipinski definition) is 2. The predicted molar refractivity (Wildman–Crippen MR) is 77.7 cm³/mol. The number of hydrogen-bond acceptors (Lipinski definition) is 4. The summed E-state index contributed by atoms with van der Waals surface area (Å²) in [5.41, 5.74) is -0.597. The van der Waals surface area contributed by atoms with Gasteiger partial charge in [0.05, 0.1) is 5.60 Å². The molecule has 0 aromatic rings. The maximum atomic E-state index is 11.3. The maximum Gasteiger partial charge on any atom is 0.320 e. The van der Waals surface area contributed by atoms with Gasteiger partial charge >= 0.3 is 5.97 Å². The number of likely N-dealkylation sites (tertiary alicyclic amines) is 2. The second-order valence-corrected chi connectivity index (χ2v) is 6.87. The quantitative estimate of drug-likeness (QED) is 0.793. The highest BCUT2D eigenvalue weighted by atomic mass is 16.4. The second-order valence-electron chi connectivity index (χ2n) is 6.87. The molecule has 2 fully saturated rings. The summed E-state index contributed by atoms with van der Waals surface area (Å²) in [7, 11) is 0. The van der Waals surface area contributed by atoms with Gasteiger partial charge in [-0.25, -0.2) is 0 Å². The number of aliphatic hydroxyl groups is 1. The van der Waals surface area contributed by atoms with E-state index in [9.17, 15) is 15.0 Å². The van der Waals surface area contributed by atoms with Gasteiger partial charge in [-0.3, -0.25) is 9.69 Å². The van der Waals surface area contributed by atoms with E-state index in [1.54, 1.807) is 0 Å². The molecule has 0 spiro atoms. The van der Waals surface area contributed by atoms with Gasteiger partial charge < -0.3 is 15.1 Å². The molecule has 5 heteroatoms. The first-order chi connectivity index (χ1) is 9.37. The van der Waals surface area contributed by atoms with Gasteiger partial charge in [-0.2, -0.15) is 0 Å². The predicted octanol–water partition coefficient (Wildman–Crippen LogP) is 1.16. The topological polar surface area (TPSA) is 64.0 Å². The number of aliphatic carboxylic acids is 1. The summed E-state index contributed by atoms with van der Waals surface area (Å²) in [6, 6.07) is 0.167. The van der Waals surface area contributed by atoms with Crippen molar-refractivity contribution < 1.29 is 15.0 Å². The Kier molecular flexibility index (Phi) is 5.04. The third-order valence-corrected chi connectivity index (χ3v) is 4.65. The zero-order chi connectivity index (χ0) is 14.8. The molecule has 0 aromatic heterocycles. The van der Waals surface area contributed by atoms with Gasteiger partial charge in [-0.05, 0) is 65.6 Å². The van der Waals surface area contributed by atoms with E-state index in [0.29, 0.717) is 6.04 Å². The van der Waals surface area contributed by atoms with Crippen LogP contribution in [0.2, 0.25) is 0 Å². The van der Waals surface area contributed by atoms with Gasteiger partial charge in [0.2, 0.25) is 0 Å². The standard InChI is InChI=1S/C15H28N2O3/c1-15(2,20)7-11-16-9-5-12(6-10-16)17-8-3-4-13(17)14(18)19/h12-13,20H,3-11H2,1-2H3,(H,18,19). The first-order valence-corrected chi connectivity index (χ1v) is 7.80. The van der Waals surface area contributed by atoms with Gasteiger partial charge in [0, 0.05) is 12.6 Å². The average Bonchev–Trinajstić information content (AvgIpc) is 2.85. The van der Waals surface area contributed by atoms with E-state index in [1.807, 2.05) is 13.8 Å². The normalized spacial score (nSPS) is 27.1. The molecule has 0 amide bonds. The molecule has 0 saturated carbocycles. The third kappa shape index (κ3) is 4.17. The summed E-state index contributed by atoms with van der Waals surface area (Å²) in [5.74, 6) is -0.660. The molecule has 1 unspecified atom stereocenters. The molecule has 2 rings (SSSR count). The van der Waals surface area contributed by atoms with E-state index in [-0.39, 0.29) is 6.04 Å². The number of carboxylic acids is 1. The van der Waals surface area contributed by atoms with E-state index in [2.05, 4.69) is 9.80 Å². The Morgan fingerprint density at radius 1 is 1.20 bits per heavy atom. The van der Waals surface area contributed by atoms with Crippen molar-refractivity contribution in [3.8, 4) is 0 Å². The molecule has 2 N–H and O–H groups in total. The van der Waals surface area contributed by atoms with Gasteiger partial charge in [-0.1, -0.05) is 0 Å². The van der Waals surface area contributed by atoms with E-state index >= 15 is 0 Å². The van der Waals surface area contributed by atoms with Crippen LogP contribution in [0.5, 0.6) is 0 Å². The van der Waals surface area contributed by atoms with E-state index in [0.717, 1.165) is 58.3 Å². The molecule has 20 heavy (non-hydrogen) atoms. The van der Waals surface area contributed by atoms with Crippen LogP contribution in [0.15, 0.2) is 0 Å². The zero-order valence-electron chi connectivity index (χ0n) is 12.7. The third-order valence-electron chi connectivity index (χ3n) is 4.65. The molecule has 0 aliphatic carbocycles. The Labute approximate surface area is 121 Å². The molecule has 1 atom stereocenters. The van der Waals surface area contributed by atoms with Crippen molar-refractivity contribution in [2.24, 2.45) is 0 Å². The number of rotatable bonds is 5. The van der Waals surface area contributed by atoms with Crippen molar-refractivity contribution >= 4 is 5.97 Å². The molecule has 0 bridgehead atoms. The Morgan fingerprint density at radius 3 is 2.40 bits per heavy atom. The Morgan fingerprint density at radius 2 is 1.85 bits per heavy atom. The van der Waals surface area contributed by atoms with Crippen molar-refractivity contribution in [1.82, 2.24) is 9.80 Å². The summed E-state index contributed by atoms with van der Waals surface area (Å²) in [6.45, 7) is 7.60. The van der Waals surface area contributed by atoms with Crippen LogP contribution in [-0.4, -0.2) is 69.8 Å². The Balaban J connectivity index is 1.78. The fourth-order valence-electron chi connectivity index (χ4n) is 3.40. The van der Waals surface area contributed by atoms with Crippen LogP contribution in [0.25, 0.3) is 0 Å². The smallest absolute Gasteiger partial charge is 0.320 e. The maximum absolute atomic E-state index is 11.3. The molecule has 2 saturated heterocycles. The molecule has 0 radical (unpaired) electrons. The van der Waals surface area contributed by atoms with Crippen LogP contribution in [-0.2, 0) is 4.79 Å². The summed E-state index contributed by atoms with van der Waals surface area (Å²) in [6.07, 6.45) is 4.70. The van der Waals surface area contributed by atoms with Gasteiger partial charge in [0.25, 0.3) is 0 Å². The van der Waals surface area contributed by atoms with E-state index < -0.39 is 11.6 Å². The zero-order valence-corrected chi connectivity index (χ0v) is 12.7. The van der Waals surface area contributed by atoms with Crippen LogP contribution in [0.3, 0.4) is 0 Å². The Hall–Kier alpha value is -0.650. The van der Waals surface area contributed by atoms with Crippen LogP contribution < -0.4 is 0 Å². The largest absolute Gasteiger partial charge is 0.480 e. The number of carbonyl (C=O) groups is 1. The molecule has 116 valence electrons. The molecule has 2 heterocycles. The minimum atomic E-state index is -0.660. The van der Waals surface area contributed by atoms with E-state index in [1.165, 1.54) is 0 Å². The fourth-order valence-corrected chi connectivity index (χ4v) is 3.40. The highest BCUT2D eigenvalue weighted by Crippen LogP contribution is 2.26. The first-order valence-electron chi connectivity index (χ1n) is 7.80. The molecule has 2 aliphatic heterocycles. The summed E-state index contributed by atoms with van der Waals surface area (Å²) in [5, 5.41) is 19.0. The second kappa shape index (κ2) is 6.41. The van der Waals surface area contributed by atoms with Crippen molar-refractivity contribution in [3.63, 3.8) is 0 Å². The Bertz CT molecular complexity index is 333. The number of nitrogens with zero attached hydrogens (tertiary/aromatic N) is 2. The SMILES string of the molecule is CC(C)(O)CCN1CCC(N2CCCC2C(=O)O)CC1. The van der Waals surface area contributed by atoms with Crippen LogP contribution in [0.4, 0.5) is 0 Å². The first kappa shape index (κ1) is 15.7. The van der Waals surface area contributed by atoms with E-state index in [4.69, 9.17) is 0 Å². The molecule has 2 aliphatic rings. The lowest BCUT2D eigenvalue weighted by Gasteiger charge is -2.38.